The van der Waals surface area contributed by atoms with E-state index in [1.807, 2.05) is 36.4 Å². The number of aryl methyl sites for hydroxylation is 1. The molecule has 2 N–H and O–H groups in total. The lowest BCUT2D eigenvalue weighted by Crippen LogP contribution is -2.02. The highest BCUT2D eigenvalue weighted by Gasteiger charge is 2.07. The molecule has 0 spiro atoms. The predicted molar refractivity (Wildman–Crippen MR) is 91.4 cm³/mol. The predicted octanol–water partition coefficient (Wildman–Crippen LogP) is 4.38. The molecule has 4 nitrogen and oxygen atoms in total. The summed E-state index contributed by atoms with van der Waals surface area (Å²) in [7, 11) is 1.77. The molecule has 23 heavy (non-hydrogen) atoms. The average molecular weight is 308 g/mol. The molecule has 0 aliphatic carbocycles. The van der Waals surface area contributed by atoms with E-state index >= 15 is 0 Å². The van der Waals surface area contributed by atoms with Gasteiger partial charge in [0.05, 0.1) is 5.69 Å². The summed E-state index contributed by atoms with van der Waals surface area (Å²) < 4.78 is 13.4. The summed E-state index contributed by atoms with van der Waals surface area (Å²) in [5.41, 5.74) is 3.18. The van der Waals surface area contributed by atoms with Gasteiger partial charge in [-0.3, -0.25) is 0 Å². The Morgan fingerprint density at radius 1 is 0.957 bits per heavy atom. The molecule has 0 aliphatic rings. The van der Waals surface area contributed by atoms with Gasteiger partial charge in [0, 0.05) is 24.4 Å². The molecular weight excluding hydrogens is 291 g/mol. The van der Waals surface area contributed by atoms with E-state index in [-0.39, 0.29) is 5.82 Å². The monoisotopic (exact) mass is 308 g/mol. The maximum atomic E-state index is 13.4. The van der Waals surface area contributed by atoms with Gasteiger partial charge in [0.1, 0.15) is 11.6 Å². The molecule has 0 saturated heterocycles. The van der Waals surface area contributed by atoms with Crippen LogP contribution in [0, 0.1) is 12.7 Å². The van der Waals surface area contributed by atoms with Gasteiger partial charge in [-0.25, -0.2) is 9.37 Å². The molecule has 3 rings (SSSR count). The second-order valence-electron chi connectivity index (χ2n) is 5.17. The topological polar surface area (TPSA) is 49.8 Å². The highest BCUT2D eigenvalue weighted by molar-refractivity contribution is 5.67. The molecule has 0 radical (unpaired) electrons. The molecule has 1 heterocycles. The number of halogens is 1. The van der Waals surface area contributed by atoms with E-state index in [2.05, 4.69) is 20.6 Å². The lowest BCUT2D eigenvalue weighted by Gasteiger charge is -2.10. The molecule has 1 aromatic heterocycles. The fourth-order valence-electron chi connectivity index (χ4n) is 2.25. The molecule has 5 heteroatoms. The van der Waals surface area contributed by atoms with Crippen LogP contribution < -0.4 is 10.6 Å². The lowest BCUT2D eigenvalue weighted by atomic mass is 10.1. The molecule has 0 aliphatic heterocycles. The quantitative estimate of drug-likeness (QED) is 0.751. The summed E-state index contributed by atoms with van der Waals surface area (Å²) >= 11 is 0. The van der Waals surface area contributed by atoms with E-state index in [1.54, 1.807) is 26.1 Å². The third kappa shape index (κ3) is 3.45. The van der Waals surface area contributed by atoms with Crippen molar-refractivity contribution in [2.75, 3.05) is 17.7 Å². The van der Waals surface area contributed by atoms with E-state index in [0.29, 0.717) is 17.3 Å². The van der Waals surface area contributed by atoms with Crippen LogP contribution >= 0.6 is 0 Å². The largest absolute Gasteiger partial charge is 0.357 e. The number of nitrogens with zero attached hydrogens (tertiary/aromatic N) is 2. The Labute approximate surface area is 134 Å². The first-order valence-corrected chi connectivity index (χ1v) is 7.31. The van der Waals surface area contributed by atoms with E-state index in [1.165, 1.54) is 6.07 Å². The Bertz CT molecular complexity index is 819. The van der Waals surface area contributed by atoms with Crippen molar-refractivity contribution >= 4 is 17.5 Å². The minimum absolute atomic E-state index is 0.223. The maximum Gasteiger partial charge on any atom is 0.224 e. The molecule has 3 aromatic rings. The standard InChI is InChI=1S/C18H17FN4/c1-12-10-14(8-9-15(12)19)21-17-11-16(22-18(20-2)23-17)13-6-4-3-5-7-13/h3-11H,1-2H3,(H2,20,21,22,23). The Morgan fingerprint density at radius 3 is 2.43 bits per heavy atom. The molecule has 0 unspecified atom stereocenters. The van der Waals surface area contributed by atoms with Gasteiger partial charge < -0.3 is 10.6 Å². The minimum atomic E-state index is -0.223. The second-order valence-corrected chi connectivity index (χ2v) is 5.17. The van der Waals surface area contributed by atoms with Gasteiger partial charge in [-0.05, 0) is 30.7 Å². The van der Waals surface area contributed by atoms with Crippen molar-refractivity contribution < 1.29 is 4.39 Å². The molecule has 116 valence electrons. The molecule has 2 aromatic carbocycles. The van der Waals surface area contributed by atoms with Crippen molar-refractivity contribution in [1.82, 2.24) is 9.97 Å². The highest BCUT2D eigenvalue weighted by Crippen LogP contribution is 2.24. The summed E-state index contributed by atoms with van der Waals surface area (Å²) in [6.07, 6.45) is 0. The van der Waals surface area contributed by atoms with Crippen LogP contribution in [0.1, 0.15) is 5.56 Å². The smallest absolute Gasteiger partial charge is 0.224 e. The number of hydrogen-bond donors (Lipinski definition) is 2. The number of anilines is 3. The van der Waals surface area contributed by atoms with Crippen LogP contribution in [-0.2, 0) is 0 Å². The fourth-order valence-corrected chi connectivity index (χ4v) is 2.25. The zero-order chi connectivity index (χ0) is 16.2. The summed E-state index contributed by atoms with van der Waals surface area (Å²) in [5.74, 6) is 0.945. The van der Waals surface area contributed by atoms with Gasteiger partial charge in [-0.15, -0.1) is 0 Å². The molecular formula is C18H17FN4. The van der Waals surface area contributed by atoms with Crippen molar-refractivity contribution in [2.45, 2.75) is 6.92 Å². The minimum Gasteiger partial charge on any atom is -0.357 e. The third-order valence-corrected chi connectivity index (χ3v) is 3.45. The Kier molecular flexibility index (Phi) is 4.19. The molecule has 0 saturated carbocycles. The molecule has 0 fully saturated rings. The van der Waals surface area contributed by atoms with Gasteiger partial charge in [0.2, 0.25) is 5.95 Å². The van der Waals surface area contributed by atoms with Crippen LogP contribution in [0.15, 0.2) is 54.6 Å². The Hall–Kier alpha value is -2.95. The number of benzene rings is 2. The second kappa shape index (κ2) is 6.44. The number of nitrogens with one attached hydrogen (secondary N) is 2. The van der Waals surface area contributed by atoms with Crippen molar-refractivity contribution in [1.29, 1.82) is 0 Å². The summed E-state index contributed by atoms with van der Waals surface area (Å²) in [6.45, 7) is 1.73. The Balaban J connectivity index is 1.97. The molecule has 0 amide bonds. The SMILES string of the molecule is CNc1nc(Nc2ccc(F)c(C)c2)cc(-c2ccccc2)n1. The summed E-state index contributed by atoms with van der Waals surface area (Å²) in [4.78, 5) is 8.87. The lowest BCUT2D eigenvalue weighted by molar-refractivity contribution is 0.619. The number of aromatic nitrogens is 2. The van der Waals surface area contributed by atoms with Gasteiger partial charge in [-0.1, -0.05) is 30.3 Å². The van der Waals surface area contributed by atoms with Crippen LogP contribution in [0.3, 0.4) is 0 Å². The van der Waals surface area contributed by atoms with Crippen LogP contribution in [0.25, 0.3) is 11.3 Å². The first-order chi connectivity index (χ1) is 11.2. The molecule has 0 bridgehead atoms. The first-order valence-electron chi connectivity index (χ1n) is 7.31. The van der Waals surface area contributed by atoms with Gasteiger partial charge in [0.25, 0.3) is 0 Å². The van der Waals surface area contributed by atoms with Crippen LogP contribution in [-0.4, -0.2) is 17.0 Å². The van der Waals surface area contributed by atoms with Crippen LogP contribution in [0.5, 0.6) is 0 Å². The third-order valence-electron chi connectivity index (χ3n) is 3.45. The summed E-state index contributed by atoms with van der Waals surface area (Å²) in [5, 5.41) is 6.16. The zero-order valence-corrected chi connectivity index (χ0v) is 13.0. The van der Waals surface area contributed by atoms with Gasteiger partial charge >= 0.3 is 0 Å². The van der Waals surface area contributed by atoms with E-state index in [9.17, 15) is 4.39 Å². The maximum absolute atomic E-state index is 13.4. The average Bonchev–Trinajstić information content (AvgIpc) is 2.58. The van der Waals surface area contributed by atoms with E-state index < -0.39 is 0 Å². The van der Waals surface area contributed by atoms with E-state index in [4.69, 9.17) is 0 Å². The fraction of sp³-hybridized carbons (Fsp3) is 0.111. The van der Waals surface area contributed by atoms with Crippen LogP contribution in [0.4, 0.5) is 21.8 Å². The Morgan fingerprint density at radius 2 is 1.74 bits per heavy atom. The zero-order valence-electron chi connectivity index (χ0n) is 13.0. The van der Waals surface area contributed by atoms with E-state index in [0.717, 1.165) is 16.9 Å². The van der Waals surface area contributed by atoms with Gasteiger partial charge in [-0.2, -0.15) is 4.98 Å². The van der Waals surface area contributed by atoms with Crippen molar-refractivity contribution in [3.05, 3.63) is 66.0 Å². The number of hydrogen-bond acceptors (Lipinski definition) is 4. The van der Waals surface area contributed by atoms with Crippen molar-refractivity contribution in [3.63, 3.8) is 0 Å². The highest BCUT2D eigenvalue weighted by atomic mass is 19.1. The van der Waals surface area contributed by atoms with Crippen LogP contribution in [0.2, 0.25) is 0 Å². The number of rotatable bonds is 4. The first kappa shape index (κ1) is 15.0. The van der Waals surface area contributed by atoms with Crippen molar-refractivity contribution in [2.24, 2.45) is 0 Å². The normalized spacial score (nSPS) is 10.4. The van der Waals surface area contributed by atoms with Gasteiger partial charge in [0.15, 0.2) is 0 Å². The van der Waals surface area contributed by atoms with Crippen molar-refractivity contribution in [3.8, 4) is 11.3 Å². The molecule has 0 atom stereocenters. The summed E-state index contributed by atoms with van der Waals surface area (Å²) in [6, 6.07) is 16.6.